The maximum absolute atomic E-state index is 10.9. The standard InChI is InChI=1S/C32H40N2O6/c1-36-16-3-14-34-15-17-38-30-13-6-24(18-28(30)34)22-39-31-20-33-19-29(35)32(31)25-7-11-27(12-8-25)40-26-9-4-23(5-10-26)21-37-2/h4-13,18,29,31-33,35H,3,14-17,19-22H2,1-2H3/t29-,31+,32+/m1/s1. The minimum atomic E-state index is -0.549. The third-order valence-corrected chi connectivity index (χ3v) is 7.47. The summed E-state index contributed by atoms with van der Waals surface area (Å²) in [5.41, 5.74) is 4.31. The van der Waals surface area contributed by atoms with Crippen LogP contribution in [0, 0.1) is 0 Å². The summed E-state index contributed by atoms with van der Waals surface area (Å²) in [6.45, 7) is 5.44. The molecule has 214 valence electrons. The third kappa shape index (κ3) is 7.13. The number of aliphatic hydroxyl groups excluding tert-OH is 1. The highest BCUT2D eigenvalue weighted by atomic mass is 16.5. The molecule has 2 aliphatic rings. The average molecular weight is 549 g/mol. The van der Waals surface area contributed by atoms with Gasteiger partial charge in [-0.05, 0) is 59.5 Å². The first kappa shape index (κ1) is 28.4. The van der Waals surface area contributed by atoms with Gasteiger partial charge in [0.15, 0.2) is 0 Å². The molecule has 0 radical (unpaired) electrons. The van der Waals surface area contributed by atoms with Gasteiger partial charge < -0.3 is 39.0 Å². The van der Waals surface area contributed by atoms with E-state index in [4.69, 9.17) is 23.7 Å². The Balaban J connectivity index is 1.23. The summed E-state index contributed by atoms with van der Waals surface area (Å²) in [6, 6.07) is 22.1. The number of methoxy groups -OCH3 is 2. The van der Waals surface area contributed by atoms with Crippen LogP contribution >= 0.6 is 0 Å². The maximum Gasteiger partial charge on any atom is 0.142 e. The second kappa shape index (κ2) is 14.0. The predicted octanol–water partition coefficient (Wildman–Crippen LogP) is 4.49. The van der Waals surface area contributed by atoms with Gasteiger partial charge in [-0.15, -0.1) is 0 Å². The number of benzene rings is 3. The first-order chi connectivity index (χ1) is 19.6. The quantitative estimate of drug-likeness (QED) is 0.321. The SMILES string of the molecule is COCCCN1CCOc2ccc(CO[C@H]3CNC[C@@H](O)[C@@H]3c3ccc(Oc4ccc(COC)cc4)cc3)cc21. The van der Waals surface area contributed by atoms with Gasteiger partial charge in [0, 0.05) is 46.4 Å². The molecule has 3 aromatic carbocycles. The van der Waals surface area contributed by atoms with Crippen molar-refractivity contribution in [2.45, 2.75) is 37.8 Å². The van der Waals surface area contributed by atoms with E-state index >= 15 is 0 Å². The summed E-state index contributed by atoms with van der Waals surface area (Å²) in [5.74, 6) is 2.28. The summed E-state index contributed by atoms with van der Waals surface area (Å²) in [6.07, 6.45) is 0.245. The molecule has 0 amide bonds. The van der Waals surface area contributed by atoms with Crippen LogP contribution < -0.4 is 19.7 Å². The number of fused-ring (bicyclic) bond motifs is 1. The van der Waals surface area contributed by atoms with E-state index in [9.17, 15) is 5.11 Å². The summed E-state index contributed by atoms with van der Waals surface area (Å²) in [4.78, 5) is 2.35. The molecule has 2 heterocycles. The molecule has 0 saturated carbocycles. The molecule has 0 aromatic heterocycles. The average Bonchev–Trinajstić information content (AvgIpc) is 2.98. The van der Waals surface area contributed by atoms with E-state index < -0.39 is 6.10 Å². The van der Waals surface area contributed by atoms with Gasteiger partial charge in [0.25, 0.3) is 0 Å². The van der Waals surface area contributed by atoms with Crippen molar-refractivity contribution in [1.29, 1.82) is 0 Å². The van der Waals surface area contributed by atoms with Crippen molar-refractivity contribution in [3.8, 4) is 17.2 Å². The highest BCUT2D eigenvalue weighted by Crippen LogP contribution is 2.34. The molecule has 0 bridgehead atoms. The molecule has 1 fully saturated rings. The first-order valence-electron chi connectivity index (χ1n) is 14.0. The molecule has 8 nitrogen and oxygen atoms in total. The smallest absolute Gasteiger partial charge is 0.142 e. The number of rotatable bonds is 12. The Labute approximate surface area is 236 Å². The number of ether oxygens (including phenoxy) is 5. The van der Waals surface area contributed by atoms with E-state index in [0.29, 0.717) is 32.9 Å². The largest absolute Gasteiger partial charge is 0.490 e. The van der Waals surface area contributed by atoms with Crippen molar-refractivity contribution in [2.24, 2.45) is 0 Å². The van der Waals surface area contributed by atoms with Crippen LogP contribution in [-0.2, 0) is 27.4 Å². The Morgan fingerprint density at radius 3 is 2.40 bits per heavy atom. The molecule has 0 aliphatic carbocycles. The van der Waals surface area contributed by atoms with Gasteiger partial charge in [0.1, 0.15) is 23.9 Å². The molecule has 3 atom stereocenters. The Morgan fingerprint density at radius 1 is 0.900 bits per heavy atom. The fourth-order valence-corrected chi connectivity index (χ4v) is 5.43. The topological polar surface area (TPSA) is 81.7 Å². The van der Waals surface area contributed by atoms with Crippen molar-refractivity contribution >= 4 is 5.69 Å². The monoisotopic (exact) mass is 548 g/mol. The maximum atomic E-state index is 10.9. The van der Waals surface area contributed by atoms with Gasteiger partial charge in [0.05, 0.1) is 37.7 Å². The second-order valence-electron chi connectivity index (χ2n) is 10.3. The number of nitrogens with one attached hydrogen (secondary N) is 1. The van der Waals surface area contributed by atoms with Crippen molar-refractivity contribution in [1.82, 2.24) is 5.32 Å². The van der Waals surface area contributed by atoms with Crippen LogP contribution in [-0.4, -0.2) is 70.9 Å². The minimum absolute atomic E-state index is 0.143. The summed E-state index contributed by atoms with van der Waals surface area (Å²) < 4.78 is 28.8. The lowest BCUT2D eigenvalue weighted by molar-refractivity contribution is -0.0328. The molecular weight excluding hydrogens is 508 g/mol. The normalized spacial score (nSPS) is 20.6. The minimum Gasteiger partial charge on any atom is -0.490 e. The molecule has 8 heteroatoms. The molecule has 40 heavy (non-hydrogen) atoms. The van der Waals surface area contributed by atoms with Crippen molar-refractivity contribution in [3.63, 3.8) is 0 Å². The molecule has 2 aliphatic heterocycles. The van der Waals surface area contributed by atoms with Crippen LogP contribution in [0.4, 0.5) is 5.69 Å². The zero-order valence-corrected chi connectivity index (χ0v) is 23.4. The highest BCUT2D eigenvalue weighted by molar-refractivity contribution is 5.61. The van der Waals surface area contributed by atoms with E-state index in [1.54, 1.807) is 14.2 Å². The van der Waals surface area contributed by atoms with E-state index in [1.165, 1.54) is 0 Å². The van der Waals surface area contributed by atoms with Crippen molar-refractivity contribution in [3.05, 3.63) is 83.4 Å². The molecule has 2 N–H and O–H groups in total. The van der Waals surface area contributed by atoms with Crippen LogP contribution in [0.3, 0.4) is 0 Å². The molecule has 5 rings (SSSR count). The first-order valence-corrected chi connectivity index (χ1v) is 14.0. The molecule has 1 saturated heterocycles. The van der Waals surface area contributed by atoms with E-state index in [-0.39, 0.29) is 12.0 Å². The molecule has 3 aromatic rings. The van der Waals surface area contributed by atoms with Gasteiger partial charge in [-0.3, -0.25) is 0 Å². The number of nitrogens with zero attached hydrogens (tertiary/aromatic N) is 1. The fourth-order valence-electron chi connectivity index (χ4n) is 5.43. The van der Waals surface area contributed by atoms with E-state index in [2.05, 4.69) is 22.3 Å². The van der Waals surface area contributed by atoms with Crippen LogP contribution in [0.25, 0.3) is 0 Å². The zero-order chi connectivity index (χ0) is 27.7. The lowest BCUT2D eigenvalue weighted by Gasteiger charge is -2.36. The van der Waals surface area contributed by atoms with Gasteiger partial charge in [0.2, 0.25) is 0 Å². The zero-order valence-electron chi connectivity index (χ0n) is 23.4. The number of hydrogen-bond donors (Lipinski definition) is 2. The lowest BCUT2D eigenvalue weighted by Crippen LogP contribution is -2.49. The number of piperidine rings is 1. The molecule has 0 spiro atoms. The number of β-amino-alcohol motifs (C(OH)–C–C–N with tert-alkyl or cyclic N) is 1. The van der Waals surface area contributed by atoms with Crippen LogP contribution in [0.5, 0.6) is 17.2 Å². The van der Waals surface area contributed by atoms with Crippen LogP contribution in [0.15, 0.2) is 66.7 Å². The lowest BCUT2D eigenvalue weighted by atomic mass is 9.85. The summed E-state index contributed by atoms with van der Waals surface area (Å²) in [7, 11) is 3.42. The van der Waals surface area contributed by atoms with E-state index in [0.717, 1.165) is 65.7 Å². The van der Waals surface area contributed by atoms with Crippen molar-refractivity contribution in [2.75, 3.05) is 58.5 Å². The van der Waals surface area contributed by atoms with Gasteiger partial charge >= 0.3 is 0 Å². The molecular formula is C32H40N2O6. The third-order valence-electron chi connectivity index (χ3n) is 7.47. The van der Waals surface area contributed by atoms with Crippen LogP contribution in [0.1, 0.15) is 29.0 Å². The Kier molecular flexibility index (Phi) is 9.91. The van der Waals surface area contributed by atoms with Crippen molar-refractivity contribution < 1.29 is 28.8 Å². The Morgan fingerprint density at radius 2 is 1.65 bits per heavy atom. The van der Waals surface area contributed by atoms with Gasteiger partial charge in [-0.25, -0.2) is 0 Å². The Bertz CT molecular complexity index is 1200. The Hall–Kier alpha value is -3.14. The van der Waals surface area contributed by atoms with Crippen LogP contribution in [0.2, 0.25) is 0 Å². The predicted molar refractivity (Wildman–Crippen MR) is 155 cm³/mol. The number of anilines is 1. The van der Waals surface area contributed by atoms with Gasteiger partial charge in [-0.2, -0.15) is 0 Å². The fraction of sp³-hybridized carbons (Fsp3) is 0.438. The summed E-state index contributed by atoms with van der Waals surface area (Å²) >= 11 is 0. The summed E-state index contributed by atoms with van der Waals surface area (Å²) in [5, 5.41) is 14.3. The number of hydrogen-bond acceptors (Lipinski definition) is 8. The second-order valence-corrected chi connectivity index (χ2v) is 10.3. The number of aliphatic hydroxyl groups is 1. The highest BCUT2D eigenvalue weighted by Gasteiger charge is 2.34. The van der Waals surface area contributed by atoms with E-state index in [1.807, 2.05) is 54.6 Å². The molecule has 0 unspecified atom stereocenters. The van der Waals surface area contributed by atoms with Gasteiger partial charge in [-0.1, -0.05) is 30.3 Å².